The number of nitrogens with one attached hydrogen (secondary N) is 1. The Morgan fingerprint density at radius 2 is 1.70 bits per heavy atom. The van der Waals surface area contributed by atoms with Gasteiger partial charge in [0.05, 0.1) is 0 Å². The van der Waals surface area contributed by atoms with E-state index in [2.05, 4.69) is 5.48 Å². The van der Waals surface area contributed by atoms with E-state index in [9.17, 15) is 4.79 Å². The SMILES string of the molecule is CC(=O)NOC(C)=C(C)C. The van der Waals surface area contributed by atoms with Crippen molar-refractivity contribution in [3.63, 3.8) is 0 Å². The summed E-state index contributed by atoms with van der Waals surface area (Å²) in [5.74, 6) is 0.538. The summed E-state index contributed by atoms with van der Waals surface area (Å²) in [5.41, 5.74) is 3.28. The standard InChI is InChI=1S/C7H13NO2/c1-5(2)6(3)10-8-7(4)9/h1-4H3,(H,8,9). The summed E-state index contributed by atoms with van der Waals surface area (Å²) >= 11 is 0. The highest BCUT2D eigenvalue weighted by Gasteiger charge is 1.93. The lowest BCUT2D eigenvalue weighted by molar-refractivity contribution is -0.128. The van der Waals surface area contributed by atoms with Crippen LogP contribution in [0, 0.1) is 0 Å². The minimum Gasteiger partial charge on any atom is -0.384 e. The quantitative estimate of drug-likeness (QED) is 0.468. The molecule has 0 rings (SSSR count). The zero-order valence-electron chi connectivity index (χ0n) is 6.82. The Balaban J connectivity index is 3.71. The van der Waals surface area contributed by atoms with E-state index in [1.165, 1.54) is 6.92 Å². The molecule has 0 aromatic rings. The highest BCUT2D eigenvalue weighted by atomic mass is 16.7. The molecule has 0 atom stereocenters. The summed E-state index contributed by atoms with van der Waals surface area (Å²) in [5, 5.41) is 0. The smallest absolute Gasteiger partial charge is 0.249 e. The van der Waals surface area contributed by atoms with Crippen molar-refractivity contribution in [3.8, 4) is 0 Å². The van der Waals surface area contributed by atoms with Gasteiger partial charge in [-0.25, -0.2) is 0 Å². The zero-order valence-corrected chi connectivity index (χ0v) is 6.82. The number of allylic oxidation sites excluding steroid dienone is 2. The number of hydrogen-bond donors (Lipinski definition) is 1. The molecule has 0 aromatic carbocycles. The Kier molecular flexibility index (Phi) is 3.54. The van der Waals surface area contributed by atoms with Crippen LogP contribution >= 0.6 is 0 Å². The van der Waals surface area contributed by atoms with E-state index >= 15 is 0 Å². The van der Waals surface area contributed by atoms with Gasteiger partial charge < -0.3 is 4.84 Å². The summed E-state index contributed by atoms with van der Waals surface area (Å²) in [4.78, 5) is 15.2. The first-order valence-corrected chi connectivity index (χ1v) is 3.11. The number of hydrogen-bond acceptors (Lipinski definition) is 2. The Morgan fingerprint density at radius 3 is 2.00 bits per heavy atom. The van der Waals surface area contributed by atoms with Crippen LogP contribution in [-0.2, 0) is 9.63 Å². The van der Waals surface area contributed by atoms with Gasteiger partial charge in [-0.3, -0.25) is 4.79 Å². The molecule has 1 amide bonds. The van der Waals surface area contributed by atoms with Crippen LogP contribution in [0.2, 0.25) is 0 Å². The van der Waals surface area contributed by atoms with Crippen LogP contribution in [0.3, 0.4) is 0 Å². The van der Waals surface area contributed by atoms with Gasteiger partial charge in [0, 0.05) is 6.92 Å². The second kappa shape index (κ2) is 3.93. The molecule has 0 unspecified atom stereocenters. The van der Waals surface area contributed by atoms with Crippen LogP contribution in [0.4, 0.5) is 0 Å². The molecule has 0 fully saturated rings. The third-order valence-electron chi connectivity index (χ3n) is 1.05. The molecule has 10 heavy (non-hydrogen) atoms. The average molecular weight is 143 g/mol. The largest absolute Gasteiger partial charge is 0.384 e. The molecule has 58 valence electrons. The molecule has 0 saturated heterocycles. The fourth-order valence-electron chi connectivity index (χ4n) is 0.250. The van der Waals surface area contributed by atoms with Crippen LogP contribution in [0.15, 0.2) is 11.3 Å². The molecule has 0 radical (unpaired) electrons. The third-order valence-corrected chi connectivity index (χ3v) is 1.05. The van der Waals surface area contributed by atoms with Gasteiger partial charge in [0.1, 0.15) is 5.76 Å². The maximum absolute atomic E-state index is 10.3. The van der Waals surface area contributed by atoms with Gasteiger partial charge >= 0.3 is 0 Å². The van der Waals surface area contributed by atoms with Crippen molar-refractivity contribution in [1.29, 1.82) is 0 Å². The molecule has 0 bridgehead atoms. The van der Waals surface area contributed by atoms with Crippen molar-refractivity contribution < 1.29 is 9.63 Å². The molecule has 1 N–H and O–H groups in total. The number of carbonyl (C=O) groups is 1. The molecule has 0 saturated carbocycles. The molecule has 0 aromatic heterocycles. The van der Waals surface area contributed by atoms with E-state index in [1.54, 1.807) is 6.92 Å². The van der Waals surface area contributed by atoms with Crippen LogP contribution in [-0.4, -0.2) is 5.91 Å². The van der Waals surface area contributed by atoms with Crippen molar-refractivity contribution in [2.75, 3.05) is 0 Å². The van der Waals surface area contributed by atoms with Crippen LogP contribution in [0.1, 0.15) is 27.7 Å². The van der Waals surface area contributed by atoms with Crippen LogP contribution in [0.25, 0.3) is 0 Å². The van der Waals surface area contributed by atoms with E-state index in [0.29, 0.717) is 0 Å². The predicted octanol–water partition coefficient (Wildman–Crippen LogP) is 1.37. The topological polar surface area (TPSA) is 38.3 Å². The second-order valence-electron chi connectivity index (χ2n) is 2.32. The Bertz CT molecular complexity index is 157. The minimum absolute atomic E-state index is 0.194. The second-order valence-corrected chi connectivity index (χ2v) is 2.32. The molecular formula is C7H13NO2. The fraction of sp³-hybridized carbons (Fsp3) is 0.571. The van der Waals surface area contributed by atoms with Gasteiger partial charge in [0.25, 0.3) is 0 Å². The van der Waals surface area contributed by atoms with Crippen molar-refractivity contribution in [2.45, 2.75) is 27.7 Å². The highest BCUT2D eigenvalue weighted by molar-refractivity contribution is 5.71. The number of rotatable bonds is 2. The van der Waals surface area contributed by atoms with E-state index in [0.717, 1.165) is 11.3 Å². The first-order valence-electron chi connectivity index (χ1n) is 3.11. The first kappa shape index (κ1) is 9.01. The molecule has 0 aliphatic heterocycles. The Morgan fingerprint density at radius 1 is 1.20 bits per heavy atom. The molecule has 3 heteroatoms. The maximum Gasteiger partial charge on any atom is 0.249 e. The monoisotopic (exact) mass is 143 g/mol. The van der Waals surface area contributed by atoms with Crippen LogP contribution < -0.4 is 5.48 Å². The van der Waals surface area contributed by atoms with Crippen LogP contribution in [0.5, 0.6) is 0 Å². The van der Waals surface area contributed by atoms with Gasteiger partial charge in [-0.15, -0.1) is 0 Å². The summed E-state index contributed by atoms with van der Waals surface area (Å²) in [6, 6.07) is 0. The van der Waals surface area contributed by atoms with Crippen molar-refractivity contribution in [2.24, 2.45) is 0 Å². The van der Waals surface area contributed by atoms with Gasteiger partial charge in [0.2, 0.25) is 5.91 Å². The maximum atomic E-state index is 10.3. The molecule has 3 nitrogen and oxygen atoms in total. The lowest BCUT2D eigenvalue weighted by Crippen LogP contribution is -2.19. The van der Waals surface area contributed by atoms with Gasteiger partial charge in [0.15, 0.2) is 0 Å². The summed E-state index contributed by atoms with van der Waals surface area (Å²) in [6.45, 7) is 7.03. The zero-order chi connectivity index (χ0) is 8.15. The lowest BCUT2D eigenvalue weighted by Gasteiger charge is -2.05. The summed E-state index contributed by atoms with van der Waals surface area (Å²) in [7, 11) is 0. The first-order chi connectivity index (χ1) is 4.54. The van der Waals surface area contributed by atoms with Crippen molar-refractivity contribution in [1.82, 2.24) is 5.48 Å². The molecule has 0 spiro atoms. The molecule has 0 aliphatic rings. The Hall–Kier alpha value is -0.990. The van der Waals surface area contributed by atoms with E-state index < -0.39 is 0 Å². The third kappa shape index (κ3) is 3.95. The molecule has 0 heterocycles. The minimum atomic E-state index is -0.194. The average Bonchev–Trinajstić information content (AvgIpc) is 1.82. The fourth-order valence-corrected chi connectivity index (χ4v) is 0.250. The van der Waals surface area contributed by atoms with Gasteiger partial charge in [-0.05, 0) is 26.3 Å². The highest BCUT2D eigenvalue weighted by Crippen LogP contribution is 2.00. The normalized spacial score (nSPS) is 8.40. The van der Waals surface area contributed by atoms with Crippen molar-refractivity contribution >= 4 is 5.91 Å². The van der Waals surface area contributed by atoms with Crippen molar-refractivity contribution in [3.05, 3.63) is 11.3 Å². The number of hydroxylamine groups is 1. The van der Waals surface area contributed by atoms with Gasteiger partial charge in [-0.1, -0.05) is 0 Å². The predicted molar refractivity (Wildman–Crippen MR) is 38.9 cm³/mol. The van der Waals surface area contributed by atoms with E-state index in [4.69, 9.17) is 4.84 Å². The van der Waals surface area contributed by atoms with E-state index in [1.807, 2.05) is 13.8 Å². The van der Waals surface area contributed by atoms with Gasteiger partial charge in [-0.2, -0.15) is 5.48 Å². The molecular weight excluding hydrogens is 130 g/mol. The summed E-state index contributed by atoms with van der Waals surface area (Å²) < 4.78 is 0. The van der Waals surface area contributed by atoms with E-state index in [-0.39, 0.29) is 5.91 Å². The lowest BCUT2D eigenvalue weighted by atomic mass is 10.3. The number of amides is 1. The Labute approximate surface area is 61.0 Å². The summed E-state index contributed by atoms with van der Waals surface area (Å²) in [6.07, 6.45) is 0. The molecule has 0 aliphatic carbocycles. The number of carbonyl (C=O) groups excluding carboxylic acids is 1.